The number of carboxylic acids is 2. The zero-order chi connectivity index (χ0) is 90.7. The highest BCUT2D eigenvalue weighted by molar-refractivity contribution is 7.98. The highest BCUT2D eigenvalue weighted by Gasteiger charge is 2.40. The summed E-state index contributed by atoms with van der Waals surface area (Å²) in [4.78, 5) is 281. The van der Waals surface area contributed by atoms with E-state index in [-0.39, 0.29) is 56.9 Å². The molecule has 45 heteroatoms. The maximum Gasteiger partial charge on any atom is 0.325 e. The van der Waals surface area contributed by atoms with E-state index in [1.807, 2.05) is 29.8 Å². The number of thioether (sulfide) groups is 1. The summed E-state index contributed by atoms with van der Waals surface area (Å²) in [5, 5.41) is 52.5. The number of carboxylic acid groups (broad SMARTS) is 2. The summed E-state index contributed by atoms with van der Waals surface area (Å²) in [6.45, 7) is 19.5. The van der Waals surface area contributed by atoms with E-state index in [1.165, 1.54) is 18.7 Å². The highest BCUT2D eigenvalue weighted by Crippen LogP contribution is 2.17. The topological polar surface area (TPSA) is 749 Å². The Morgan fingerprint density at radius 3 is 0.924 bits per heavy atom. The van der Waals surface area contributed by atoms with Crippen LogP contribution in [0, 0.1) is 29.6 Å². The molecule has 0 unspecified atom stereocenters. The zero-order valence-corrected chi connectivity index (χ0v) is 70.2. The molecular formula is C73H127N21O23S. The second-order valence-electron chi connectivity index (χ2n) is 30.7. The predicted molar refractivity (Wildman–Crippen MR) is 428 cm³/mol. The summed E-state index contributed by atoms with van der Waals surface area (Å²) < 4.78 is 0. The minimum Gasteiger partial charge on any atom is -0.481 e. The molecule has 0 aliphatic rings. The largest absolute Gasteiger partial charge is 0.481 e. The van der Waals surface area contributed by atoms with E-state index >= 15 is 0 Å². The van der Waals surface area contributed by atoms with Crippen LogP contribution in [0.15, 0.2) is 0 Å². The third kappa shape index (κ3) is 43.4. The van der Waals surface area contributed by atoms with Crippen LogP contribution in [-0.2, 0) is 101 Å². The molecule has 0 radical (unpaired) electrons. The predicted octanol–water partition coefficient (Wildman–Crippen LogP) is -7.03. The first kappa shape index (κ1) is 107. The second kappa shape index (κ2) is 54.9. The van der Waals surface area contributed by atoms with Gasteiger partial charge in [0.15, 0.2) is 0 Å². The lowest BCUT2D eigenvalue weighted by molar-refractivity contribution is -0.143. The Kier molecular flexibility index (Phi) is 49.9. The van der Waals surface area contributed by atoms with E-state index in [1.54, 1.807) is 61.6 Å². The van der Waals surface area contributed by atoms with Crippen molar-refractivity contribution in [3.8, 4) is 0 Å². The molecule has 0 spiro atoms. The van der Waals surface area contributed by atoms with Gasteiger partial charge >= 0.3 is 11.9 Å². The van der Waals surface area contributed by atoms with Gasteiger partial charge in [0.05, 0.1) is 31.7 Å². The molecule has 0 aliphatic carbocycles. The zero-order valence-electron chi connectivity index (χ0n) is 69.4. The third-order valence-corrected chi connectivity index (χ3v) is 18.6. The summed E-state index contributed by atoms with van der Waals surface area (Å²) in [5.41, 5.74) is 39.0. The molecule has 0 saturated carbocycles. The Hall–Kier alpha value is -10.9. The van der Waals surface area contributed by atoms with Gasteiger partial charge in [0.25, 0.3) is 0 Å². The highest BCUT2D eigenvalue weighted by atomic mass is 32.2. The van der Waals surface area contributed by atoms with Gasteiger partial charge in [0.2, 0.25) is 112 Å². The number of carbonyl (C=O) groups is 21. The summed E-state index contributed by atoms with van der Waals surface area (Å²) in [6, 6.07) is -24.2. The normalized spacial score (nSPS) is 15.3. The van der Waals surface area contributed by atoms with Crippen LogP contribution in [0.25, 0.3) is 0 Å². The van der Waals surface area contributed by atoms with Gasteiger partial charge in [0.1, 0.15) is 84.6 Å². The monoisotopic (exact) mass is 1700 g/mol. The quantitative estimate of drug-likeness (QED) is 0.0252. The lowest BCUT2D eigenvalue weighted by Gasteiger charge is -2.30. The minimum absolute atomic E-state index is 0.0158. The molecule has 30 N–H and O–H groups in total. The summed E-state index contributed by atoms with van der Waals surface area (Å²) in [5.74, 6) is -25.6. The van der Waals surface area contributed by atoms with Crippen LogP contribution in [0.4, 0.5) is 0 Å². The fourth-order valence-electron chi connectivity index (χ4n) is 11.4. The van der Waals surface area contributed by atoms with Crippen LogP contribution in [-0.4, -0.2) is 244 Å². The van der Waals surface area contributed by atoms with E-state index < -0.39 is 284 Å². The lowest BCUT2D eigenvalue weighted by atomic mass is 9.96. The lowest BCUT2D eigenvalue weighted by Crippen LogP contribution is -2.62. The van der Waals surface area contributed by atoms with E-state index in [0.29, 0.717) is 25.0 Å². The molecule has 0 aliphatic heterocycles. The number of hydrogen-bond acceptors (Lipinski definition) is 24. The number of nitrogens with one attached hydrogen (secondary N) is 14. The Labute approximate surface area is 689 Å². The fraction of sp³-hybridized carbons (Fsp3) is 0.712. The number of primary amides is 5. The molecule has 0 saturated heterocycles. The molecule has 0 heterocycles. The van der Waals surface area contributed by atoms with Crippen molar-refractivity contribution >= 4 is 136 Å². The van der Waals surface area contributed by atoms with Crippen molar-refractivity contribution in [2.24, 2.45) is 69.7 Å². The molecule has 0 rings (SSSR count). The number of hydrogen-bond donors (Lipinski definition) is 23. The van der Waals surface area contributed by atoms with E-state index in [2.05, 4.69) is 58.5 Å². The molecule has 19 amide bonds. The van der Waals surface area contributed by atoms with Gasteiger partial charge in [-0.2, -0.15) is 11.8 Å². The average molecular weight is 1700 g/mol. The van der Waals surface area contributed by atoms with Crippen molar-refractivity contribution in [2.45, 2.75) is 283 Å². The molecule has 0 aromatic carbocycles. The molecule has 0 fully saturated rings. The fourth-order valence-corrected chi connectivity index (χ4v) is 11.9. The summed E-state index contributed by atoms with van der Waals surface area (Å²) in [7, 11) is 0. The van der Waals surface area contributed by atoms with Gasteiger partial charge in [-0.15, -0.1) is 0 Å². The number of nitrogens with two attached hydrogens (primary N) is 7. The third-order valence-electron chi connectivity index (χ3n) is 17.9. The molecule has 16 atom stereocenters. The first-order valence-corrected chi connectivity index (χ1v) is 40.3. The molecule has 118 heavy (non-hydrogen) atoms. The van der Waals surface area contributed by atoms with Crippen LogP contribution in [0.2, 0.25) is 0 Å². The van der Waals surface area contributed by atoms with Gasteiger partial charge < -0.3 is 125 Å². The van der Waals surface area contributed by atoms with Crippen LogP contribution >= 0.6 is 11.8 Å². The second-order valence-corrected chi connectivity index (χ2v) is 31.6. The van der Waals surface area contributed by atoms with Gasteiger partial charge in [-0.05, 0) is 126 Å². The molecule has 44 nitrogen and oxygen atoms in total. The molecule has 0 aromatic rings. The summed E-state index contributed by atoms with van der Waals surface area (Å²) in [6.07, 6.45) is -4.00. The van der Waals surface area contributed by atoms with Gasteiger partial charge in [0, 0.05) is 12.8 Å². The molecule has 0 aromatic heterocycles. The molecular weight excluding hydrogens is 1570 g/mol. The van der Waals surface area contributed by atoms with Crippen LogP contribution < -0.4 is 115 Å². The minimum atomic E-state index is -2.16. The standard InChI is InChI=1S/C73H127N21O23S/c1-14-37(10)58(94-71(114)47(28-36(8)9)88-61(104)41(17-15-16-23-74)84-64(107)44(22-24-118-13)83-59(102)38(11)81-60(103)40(75)25-33(2)3)72(115)86-43(19-21-53(77)96)62(105)85-42(18-20-52(76)95)63(106)87-45(26-34(4)5)66(109)91-49(30-55(79)98)68(111)89-46(27-35(6)7)67(110)92-50(31-56(80)99)69(112)93-51(32-57(100)101)70(113)90-48(29-54(78)97)65(108)82-39(12)73(116)117/h33-51,58H,14-32,74-75H2,1-13H3,(H2,76,95)(H2,77,96)(H2,78,97)(H2,79,98)(H2,80,99)(H,81,103)(H,82,108)(H,83,102)(H,84,107)(H,85,105)(H,86,115)(H,87,106)(H,88,104)(H,89,111)(H,90,113)(H,91,109)(H,92,110)(H,93,112)(H,94,114)(H,100,101)(H,116,117)/t37-,38-,39-,40-,41-,42-,43-,44-,45-,46-,47-,48-,49-,50-,51-,58-/m0/s1. The SMILES string of the molecule is CC[C@H](C)[C@H](NC(=O)[C@H](CC(C)C)NC(=O)[C@H](CCCCN)NC(=O)[C@H](CCSC)NC(=O)[C@H](C)NC(=O)[C@@H](N)CC(C)C)C(=O)N[C@@H](CCC(N)=O)C(=O)N[C@@H](CCC(N)=O)C(=O)N[C@@H](CC(C)C)C(=O)N[C@@H](CC(N)=O)C(=O)N[C@@H](CC(C)C)C(=O)N[C@@H](CC(N)=O)C(=O)N[C@@H](CC(=O)O)C(=O)N[C@@H](CC(N)=O)C(=O)N[C@@H](C)C(=O)O. The van der Waals surface area contributed by atoms with Crippen LogP contribution in [0.1, 0.15) is 192 Å². The van der Waals surface area contributed by atoms with E-state index in [9.17, 15) is 111 Å². The van der Waals surface area contributed by atoms with E-state index in [0.717, 1.165) is 6.92 Å². The number of amides is 19. The number of unbranched alkanes of at least 4 members (excludes halogenated alkanes) is 1. The Morgan fingerprint density at radius 2 is 0.602 bits per heavy atom. The first-order chi connectivity index (χ1) is 54.9. The van der Waals surface area contributed by atoms with Crippen molar-refractivity contribution in [1.82, 2.24) is 74.4 Å². The summed E-state index contributed by atoms with van der Waals surface area (Å²) >= 11 is 1.37. The smallest absolute Gasteiger partial charge is 0.325 e. The van der Waals surface area contributed by atoms with Crippen LogP contribution in [0.3, 0.4) is 0 Å². The van der Waals surface area contributed by atoms with E-state index in [4.69, 9.17) is 40.1 Å². The van der Waals surface area contributed by atoms with Gasteiger partial charge in [-0.3, -0.25) is 101 Å². The Bertz CT molecular complexity index is 3500. The average Bonchev–Trinajstić information content (AvgIpc) is 0.837. The van der Waals surface area contributed by atoms with Crippen molar-refractivity contribution in [3.63, 3.8) is 0 Å². The number of carbonyl (C=O) groups excluding carboxylic acids is 19. The van der Waals surface area contributed by atoms with Crippen molar-refractivity contribution in [2.75, 3.05) is 18.6 Å². The van der Waals surface area contributed by atoms with Gasteiger partial charge in [-0.1, -0.05) is 75.7 Å². The molecule has 668 valence electrons. The van der Waals surface area contributed by atoms with Crippen molar-refractivity contribution in [3.05, 3.63) is 0 Å². The maximum absolute atomic E-state index is 14.7. The Balaban J connectivity index is 7.33. The van der Waals surface area contributed by atoms with Crippen LogP contribution in [0.5, 0.6) is 0 Å². The maximum atomic E-state index is 14.7. The Morgan fingerprint density at radius 1 is 0.314 bits per heavy atom. The van der Waals surface area contributed by atoms with Crippen molar-refractivity contribution < 1.29 is 111 Å². The molecule has 0 bridgehead atoms. The van der Waals surface area contributed by atoms with Crippen molar-refractivity contribution in [1.29, 1.82) is 0 Å². The number of aliphatic carboxylic acids is 2. The van der Waals surface area contributed by atoms with Gasteiger partial charge in [-0.25, -0.2) is 0 Å². The number of rotatable bonds is 60. The first-order valence-electron chi connectivity index (χ1n) is 38.9.